The Kier molecular flexibility index (Phi) is 5.05. The topological polar surface area (TPSA) is 32.3 Å². The van der Waals surface area contributed by atoms with Crippen LogP contribution in [-0.4, -0.2) is 11.1 Å². The molecule has 1 aromatic carbocycles. The van der Waals surface area contributed by atoms with Crippen molar-refractivity contribution in [3.05, 3.63) is 26.6 Å². The molecule has 1 atom stereocenters. The highest BCUT2D eigenvalue weighted by Crippen LogP contribution is 2.33. The summed E-state index contributed by atoms with van der Waals surface area (Å²) in [5.74, 6) is 0.248. The predicted octanol–water partition coefficient (Wildman–Crippen LogP) is 4.44. The third-order valence-corrected chi connectivity index (χ3v) is 4.20. The number of halogens is 2. The molecule has 96 valence electrons. The monoisotopic (exact) mass is 363 g/mol. The maximum absolute atomic E-state index is 9.62. The first-order chi connectivity index (χ1) is 7.71. The fourth-order valence-corrected chi connectivity index (χ4v) is 2.58. The van der Waals surface area contributed by atoms with Crippen molar-refractivity contribution in [2.75, 3.05) is 0 Å². The maximum Gasteiger partial charge on any atom is 0.143 e. The van der Waals surface area contributed by atoms with E-state index < -0.39 is 0 Å². The van der Waals surface area contributed by atoms with E-state index in [1.165, 1.54) is 0 Å². The van der Waals surface area contributed by atoms with E-state index in [0.29, 0.717) is 15.0 Å². The van der Waals surface area contributed by atoms with Gasteiger partial charge in [-0.05, 0) is 61.9 Å². The van der Waals surface area contributed by atoms with Crippen LogP contribution in [0.5, 0.6) is 5.75 Å². The molecule has 0 aromatic heterocycles. The van der Waals surface area contributed by atoms with E-state index in [9.17, 15) is 5.11 Å². The Morgan fingerprint density at radius 2 is 1.71 bits per heavy atom. The van der Waals surface area contributed by atoms with Gasteiger partial charge in [-0.15, -0.1) is 0 Å². The van der Waals surface area contributed by atoms with Crippen LogP contribution < -0.4 is 5.32 Å². The van der Waals surface area contributed by atoms with E-state index in [4.69, 9.17) is 0 Å². The molecule has 0 amide bonds. The van der Waals surface area contributed by atoms with Crippen LogP contribution in [0.15, 0.2) is 21.1 Å². The molecular weight excluding hydrogens is 346 g/mol. The molecule has 2 N–H and O–H groups in total. The largest absolute Gasteiger partial charge is 0.506 e. The van der Waals surface area contributed by atoms with Crippen molar-refractivity contribution < 1.29 is 5.11 Å². The highest BCUT2D eigenvalue weighted by Gasteiger charge is 2.19. The SMILES string of the molecule is CC(NCc1cc(Br)c(O)c(Br)c1)C(C)(C)C. The molecule has 0 bridgehead atoms. The van der Waals surface area contributed by atoms with Gasteiger partial charge < -0.3 is 10.4 Å². The number of aromatic hydroxyl groups is 1. The maximum atomic E-state index is 9.62. The first-order valence-electron chi connectivity index (χ1n) is 5.62. The van der Waals surface area contributed by atoms with Gasteiger partial charge in [0.25, 0.3) is 0 Å². The van der Waals surface area contributed by atoms with Crippen LogP contribution in [0.25, 0.3) is 0 Å². The first kappa shape index (κ1) is 15.0. The first-order valence-corrected chi connectivity index (χ1v) is 7.20. The van der Waals surface area contributed by atoms with Crippen molar-refractivity contribution in [1.29, 1.82) is 0 Å². The van der Waals surface area contributed by atoms with Gasteiger partial charge in [0.1, 0.15) is 5.75 Å². The van der Waals surface area contributed by atoms with E-state index in [2.05, 4.69) is 64.9 Å². The molecule has 0 spiro atoms. The van der Waals surface area contributed by atoms with Crippen molar-refractivity contribution in [2.24, 2.45) is 5.41 Å². The normalized spacial score (nSPS) is 13.8. The Bertz CT molecular complexity index is 376. The minimum atomic E-state index is 0.241. The second-order valence-corrected chi connectivity index (χ2v) is 7.09. The van der Waals surface area contributed by atoms with Crippen LogP contribution in [0.2, 0.25) is 0 Å². The quantitative estimate of drug-likeness (QED) is 0.830. The van der Waals surface area contributed by atoms with Crippen LogP contribution >= 0.6 is 31.9 Å². The van der Waals surface area contributed by atoms with Crippen LogP contribution in [0.3, 0.4) is 0 Å². The van der Waals surface area contributed by atoms with Gasteiger partial charge in [0.15, 0.2) is 0 Å². The summed E-state index contributed by atoms with van der Waals surface area (Å²) in [6.07, 6.45) is 0. The van der Waals surface area contributed by atoms with Gasteiger partial charge in [0, 0.05) is 12.6 Å². The molecule has 0 saturated carbocycles. The molecule has 0 fully saturated rings. The lowest BCUT2D eigenvalue weighted by molar-refractivity contribution is 0.285. The lowest BCUT2D eigenvalue weighted by atomic mass is 9.88. The van der Waals surface area contributed by atoms with Gasteiger partial charge in [0.2, 0.25) is 0 Å². The third-order valence-electron chi connectivity index (χ3n) is 2.99. The summed E-state index contributed by atoms with van der Waals surface area (Å²) < 4.78 is 1.43. The van der Waals surface area contributed by atoms with E-state index in [1.807, 2.05) is 12.1 Å². The standard InChI is InChI=1S/C13H19Br2NO/c1-8(13(2,3)4)16-7-9-5-10(14)12(17)11(15)6-9/h5-6,8,16-17H,7H2,1-4H3. The van der Waals surface area contributed by atoms with Gasteiger partial charge in [-0.2, -0.15) is 0 Å². The minimum Gasteiger partial charge on any atom is -0.506 e. The van der Waals surface area contributed by atoms with Crippen LogP contribution in [0.1, 0.15) is 33.3 Å². The molecule has 4 heteroatoms. The Hall–Kier alpha value is -0.0600. The Balaban J connectivity index is 2.71. The summed E-state index contributed by atoms with van der Waals surface area (Å²) in [6.45, 7) is 9.62. The Morgan fingerprint density at radius 1 is 1.24 bits per heavy atom. The minimum absolute atomic E-state index is 0.241. The van der Waals surface area contributed by atoms with E-state index in [-0.39, 0.29) is 11.2 Å². The molecule has 17 heavy (non-hydrogen) atoms. The van der Waals surface area contributed by atoms with E-state index in [0.717, 1.165) is 12.1 Å². The molecule has 0 radical (unpaired) electrons. The zero-order chi connectivity index (χ0) is 13.2. The molecule has 2 nitrogen and oxygen atoms in total. The molecule has 0 heterocycles. The molecule has 0 aliphatic rings. The van der Waals surface area contributed by atoms with E-state index in [1.54, 1.807) is 0 Å². The van der Waals surface area contributed by atoms with Crippen molar-refractivity contribution in [2.45, 2.75) is 40.3 Å². The molecule has 1 aromatic rings. The number of rotatable bonds is 3. The number of hydrogen-bond acceptors (Lipinski definition) is 2. The van der Waals surface area contributed by atoms with Crippen molar-refractivity contribution in [1.82, 2.24) is 5.32 Å². The predicted molar refractivity (Wildman–Crippen MR) is 79.3 cm³/mol. The van der Waals surface area contributed by atoms with Gasteiger partial charge in [0.05, 0.1) is 8.95 Å². The lowest BCUT2D eigenvalue weighted by Gasteiger charge is -2.28. The number of phenolic OH excluding ortho intramolecular Hbond substituents is 1. The molecule has 1 unspecified atom stereocenters. The van der Waals surface area contributed by atoms with Crippen LogP contribution in [-0.2, 0) is 6.54 Å². The summed E-state index contributed by atoms with van der Waals surface area (Å²) >= 11 is 6.67. The van der Waals surface area contributed by atoms with Crippen molar-refractivity contribution in [3.63, 3.8) is 0 Å². The fraction of sp³-hybridized carbons (Fsp3) is 0.538. The Labute approximate surface area is 120 Å². The zero-order valence-electron chi connectivity index (χ0n) is 10.6. The molecule has 1 rings (SSSR count). The molecule has 0 aliphatic heterocycles. The Morgan fingerprint density at radius 3 is 2.12 bits per heavy atom. The van der Waals surface area contributed by atoms with Gasteiger partial charge in [-0.3, -0.25) is 0 Å². The van der Waals surface area contributed by atoms with Gasteiger partial charge in [-0.1, -0.05) is 20.8 Å². The summed E-state index contributed by atoms with van der Waals surface area (Å²) in [7, 11) is 0. The number of benzene rings is 1. The summed E-state index contributed by atoms with van der Waals surface area (Å²) in [5, 5.41) is 13.1. The van der Waals surface area contributed by atoms with Crippen LogP contribution in [0, 0.1) is 5.41 Å². The van der Waals surface area contributed by atoms with Crippen molar-refractivity contribution >= 4 is 31.9 Å². The number of hydrogen-bond donors (Lipinski definition) is 2. The summed E-state index contributed by atoms with van der Waals surface area (Å²) in [6, 6.07) is 4.29. The second-order valence-electron chi connectivity index (χ2n) is 5.38. The second kappa shape index (κ2) is 5.72. The number of nitrogens with one attached hydrogen (secondary N) is 1. The molecule has 0 aliphatic carbocycles. The van der Waals surface area contributed by atoms with E-state index >= 15 is 0 Å². The average molecular weight is 365 g/mol. The third kappa shape index (κ3) is 4.27. The molecular formula is C13H19Br2NO. The fourth-order valence-electron chi connectivity index (χ4n) is 1.30. The highest BCUT2D eigenvalue weighted by atomic mass is 79.9. The van der Waals surface area contributed by atoms with Gasteiger partial charge in [-0.25, -0.2) is 0 Å². The number of phenols is 1. The zero-order valence-corrected chi connectivity index (χ0v) is 13.8. The van der Waals surface area contributed by atoms with Gasteiger partial charge >= 0.3 is 0 Å². The lowest BCUT2D eigenvalue weighted by Crippen LogP contribution is -2.37. The summed E-state index contributed by atoms with van der Waals surface area (Å²) in [4.78, 5) is 0. The van der Waals surface area contributed by atoms with Crippen LogP contribution in [0.4, 0.5) is 0 Å². The highest BCUT2D eigenvalue weighted by molar-refractivity contribution is 9.11. The smallest absolute Gasteiger partial charge is 0.143 e. The molecule has 0 saturated heterocycles. The van der Waals surface area contributed by atoms with Crippen molar-refractivity contribution in [3.8, 4) is 5.75 Å². The average Bonchev–Trinajstić information content (AvgIpc) is 2.20. The summed E-state index contributed by atoms with van der Waals surface area (Å²) in [5.41, 5.74) is 1.38.